The normalized spacial score (nSPS) is 17.6. The molecule has 0 aliphatic carbocycles. The molecule has 0 spiro atoms. The number of anilines is 2. The van der Waals surface area contributed by atoms with Crippen molar-refractivity contribution in [3.05, 3.63) is 82.4 Å². The van der Waals surface area contributed by atoms with Crippen LogP contribution in [0, 0.1) is 5.82 Å². The van der Waals surface area contributed by atoms with Gasteiger partial charge in [-0.3, -0.25) is 18.9 Å². The number of nitrogens with one attached hydrogen (secondary N) is 1. The van der Waals surface area contributed by atoms with Crippen molar-refractivity contribution < 1.29 is 35.6 Å². The molecule has 2 aliphatic rings. The van der Waals surface area contributed by atoms with Crippen LogP contribution in [0.25, 0.3) is 0 Å². The number of amides is 2. The highest BCUT2D eigenvalue weighted by Gasteiger charge is 2.40. The lowest BCUT2D eigenvalue weighted by atomic mass is 10.0. The zero-order valence-corrected chi connectivity index (χ0v) is 22.2. The van der Waals surface area contributed by atoms with E-state index in [0.29, 0.717) is 25.5 Å². The van der Waals surface area contributed by atoms with Crippen LogP contribution >= 0.6 is 11.6 Å². The van der Waals surface area contributed by atoms with E-state index in [1.165, 1.54) is 24.4 Å². The molecule has 0 unspecified atom stereocenters. The number of halogens is 5. The average Bonchev–Trinajstić information content (AvgIpc) is 3.33. The molecule has 3 aromatic rings. The van der Waals surface area contributed by atoms with Crippen LogP contribution in [0.5, 0.6) is 0 Å². The number of carbonyl (C=O) groups is 2. The molecule has 0 radical (unpaired) electrons. The van der Waals surface area contributed by atoms with Gasteiger partial charge in [0.15, 0.2) is 0 Å². The van der Waals surface area contributed by atoms with Crippen molar-refractivity contribution in [1.29, 1.82) is 0 Å². The molecule has 40 heavy (non-hydrogen) atoms. The molecule has 14 heteroatoms. The van der Waals surface area contributed by atoms with Gasteiger partial charge in [0.1, 0.15) is 5.82 Å². The van der Waals surface area contributed by atoms with Crippen LogP contribution < -0.4 is 9.62 Å². The van der Waals surface area contributed by atoms with E-state index < -0.39 is 50.0 Å². The highest BCUT2D eigenvalue weighted by molar-refractivity contribution is 7.92. The lowest BCUT2D eigenvalue weighted by Gasteiger charge is -2.38. The molecular formula is C26H21ClF4N4O4S. The van der Waals surface area contributed by atoms with Crippen LogP contribution in [-0.4, -0.2) is 49.2 Å². The first-order chi connectivity index (χ1) is 18.9. The SMILES string of the molecule is O=C(Nc1cnc2c(c1)N(S(=O)(=O)c1cccc(C(F)(F)F)c1)C[C@@H](N1CCCC1=O)C2)c1c(F)cccc1Cl. The zero-order valence-electron chi connectivity index (χ0n) is 20.6. The summed E-state index contributed by atoms with van der Waals surface area (Å²) < 4.78 is 82.9. The number of aromatic nitrogens is 1. The van der Waals surface area contributed by atoms with E-state index in [1.54, 1.807) is 4.90 Å². The summed E-state index contributed by atoms with van der Waals surface area (Å²) in [7, 11) is -4.59. The van der Waals surface area contributed by atoms with Crippen molar-refractivity contribution in [2.75, 3.05) is 22.7 Å². The number of nitrogens with zero attached hydrogens (tertiary/aromatic N) is 3. The van der Waals surface area contributed by atoms with Gasteiger partial charge in [0, 0.05) is 19.4 Å². The van der Waals surface area contributed by atoms with Gasteiger partial charge in [0.05, 0.1) is 56.9 Å². The molecule has 1 aromatic heterocycles. The molecule has 8 nitrogen and oxygen atoms in total. The molecule has 2 aliphatic heterocycles. The minimum atomic E-state index is -4.77. The number of alkyl halides is 3. The maximum absolute atomic E-state index is 14.3. The quantitative estimate of drug-likeness (QED) is 0.423. The first-order valence-corrected chi connectivity index (χ1v) is 13.9. The second-order valence-corrected chi connectivity index (χ2v) is 11.6. The van der Waals surface area contributed by atoms with E-state index in [1.807, 2.05) is 0 Å². The van der Waals surface area contributed by atoms with Crippen LogP contribution in [0.3, 0.4) is 0 Å². The largest absolute Gasteiger partial charge is 0.416 e. The molecule has 1 N–H and O–H groups in total. The van der Waals surface area contributed by atoms with Gasteiger partial charge in [-0.15, -0.1) is 0 Å². The lowest BCUT2D eigenvalue weighted by molar-refractivity contribution is -0.137. The van der Waals surface area contributed by atoms with Gasteiger partial charge in [0.25, 0.3) is 15.9 Å². The molecule has 2 amide bonds. The summed E-state index contributed by atoms with van der Waals surface area (Å²) in [4.78, 5) is 30.5. The Morgan fingerprint density at radius 1 is 1.12 bits per heavy atom. The average molecular weight is 597 g/mol. The van der Waals surface area contributed by atoms with Crippen LogP contribution in [0.15, 0.2) is 59.6 Å². The maximum Gasteiger partial charge on any atom is 0.416 e. The standard InChI is InChI=1S/C26H21ClF4N4O4S/c27-19-6-2-7-20(28)24(19)25(37)33-16-11-22-21(32-13-16)12-17(34-9-3-8-23(34)36)14-35(22)40(38,39)18-5-1-4-15(10-18)26(29,30)31/h1-2,4-7,10-11,13,17H,3,8-9,12,14H2,(H,33,37)/t17-/m0/s1. The van der Waals surface area contributed by atoms with E-state index in [4.69, 9.17) is 11.6 Å². The fourth-order valence-electron chi connectivity index (χ4n) is 4.86. The number of fused-ring (bicyclic) bond motifs is 1. The second kappa shape index (κ2) is 10.4. The van der Waals surface area contributed by atoms with Crippen LogP contribution in [0.4, 0.5) is 28.9 Å². The van der Waals surface area contributed by atoms with Crippen molar-refractivity contribution in [2.24, 2.45) is 0 Å². The highest BCUT2D eigenvalue weighted by atomic mass is 35.5. The predicted molar refractivity (Wildman–Crippen MR) is 138 cm³/mol. The van der Waals surface area contributed by atoms with Crippen molar-refractivity contribution in [1.82, 2.24) is 9.88 Å². The minimum Gasteiger partial charge on any atom is -0.337 e. The van der Waals surface area contributed by atoms with E-state index >= 15 is 0 Å². The number of pyridine rings is 1. The van der Waals surface area contributed by atoms with Crippen LogP contribution in [-0.2, 0) is 27.4 Å². The first-order valence-electron chi connectivity index (χ1n) is 12.1. The summed E-state index contributed by atoms with van der Waals surface area (Å²) in [5.41, 5.74) is -1.30. The fraction of sp³-hybridized carbons (Fsp3) is 0.269. The van der Waals surface area contributed by atoms with Crippen molar-refractivity contribution in [3.8, 4) is 0 Å². The summed E-state index contributed by atoms with van der Waals surface area (Å²) in [6.07, 6.45) is -2.44. The molecular weight excluding hydrogens is 576 g/mol. The third kappa shape index (κ3) is 5.22. The van der Waals surface area contributed by atoms with Gasteiger partial charge in [-0.05, 0) is 42.8 Å². The summed E-state index contributed by atoms with van der Waals surface area (Å²) in [6.45, 7) is 0.170. The molecule has 0 bridgehead atoms. The van der Waals surface area contributed by atoms with E-state index in [9.17, 15) is 35.6 Å². The molecule has 2 aromatic carbocycles. The van der Waals surface area contributed by atoms with Gasteiger partial charge in [0.2, 0.25) is 5.91 Å². The summed E-state index contributed by atoms with van der Waals surface area (Å²) in [5, 5.41) is 2.30. The molecule has 3 heterocycles. The zero-order chi connectivity index (χ0) is 28.8. The Morgan fingerprint density at radius 3 is 2.55 bits per heavy atom. The van der Waals surface area contributed by atoms with Gasteiger partial charge in [-0.25, -0.2) is 12.8 Å². The number of rotatable bonds is 5. The monoisotopic (exact) mass is 596 g/mol. The Labute approximate surface area is 231 Å². The second-order valence-electron chi connectivity index (χ2n) is 9.35. The summed E-state index contributed by atoms with van der Waals surface area (Å²) in [6, 6.07) is 7.74. The van der Waals surface area contributed by atoms with Crippen molar-refractivity contribution in [2.45, 2.75) is 36.4 Å². The Bertz CT molecular complexity index is 1600. The van der Waals surface area contributed by atoms with E-state index in [2.05, 4.69) is 10.3 Å². The van der Waals surface area contributed by atoms with Gasteiger partial charge in [-0.1, -0.05) is 23.7 Å². The first kappa shape index (κ1) is 27.8. The third-order valence-electron chi connectivity index (χ3n) is 6.77. The lowest BCUT2D eigenvalue weighted by Crippen LogP contribution is -2.51. The van der Waals surface area contributed by atoms with Gasteiger partial charge in [-0.2, -0.15) is 13.2 Å². The Morgan fingerprint density at radius 2 is 1.88 bits per heavy atom. The summed E-state index contributed by atoms with van der Waals surface area (Å²) >= 11 is 5.98. The van der Waals surface area contributed by atoms with Crippen LogP contribution in [0.1, 0.15) is 34.5 Å². The predicted octanol–water partition coefficient (Wildman–Crippen LogP) is 4.89. The number of benzene rings is 2. The Kier molecular flexibility index (Phi) is 7.21. The molecule has 1 saturated heterocycles. The maximum atomic E-state index is 14.3. The number of hydrogen-bond acceptors (Lipinski definition) is 5. The van der Waals surface area contributed by atoms with Crippen LogP contribution in [0.2, 0.25) is 5.02 Å². The number of sulfonamides is 1. The van der Waals surface area contributed by atoms with E-state index in [-0.39, 0.29) is 41.0 Å². The molecule has 1 fully saturated rings. The Balaban J connectivity index is 1.56. The Hall–Kier alpha value is -3.71. The minimum absolute atomic E-state index is 0.00279. The van der Waals surface area contributed by atoms with E-state index in [0.717, 1.165) is 28.6 Å². The number of likely N-dealkylation sites (tertiary alicyclic amines) is 1. The van der Waals surface area contributed by atoms with Gasteiger partial charge < -0.3 is 10.2 Å². The van der Waals surface area contributed by atoms with Gasteiger partial charge >= 0.3 is 6.18 Å². The third-order valence-corrected chi connectivity index (χ3v) is 8.86. The number of carbonyl (C=O) groups excluding carboxylic acids is 2. The van der Waals surface area contributed by atoms with Crippen molar-refractivity contribution in [3.63, 3.8) is 0 Å². The smallest absolute Gasteiger partial charge is 0.337 e. The highest BCUT2D eigenvalue weighted by Crippen LogP contribution is 2.37. The van der Waals surface area contributed by atoms with Crippen molar-refractivity contribution >= 4 is 44.8 Å². The number of hydrogen-bond donors (Lipinski definition) is 1. The summed E-state index contributed by atoms with van der Waals surface area (Å²) in [5.74, 6) is -1.94. The fourth-order valence-corrected chi connectivity index (χ4v) is 6.68. The molecule has 210 valence electrons. The topological polar surface area (TPSA) is 99.7 Å². The molecule has 0 saturated carbocycles. The molecule has 1 atom stereocenters. The molecule has 5 rings (SSSR count).